The lowest BCUT2D eigenvalue weighted by Crippen LogP contribution is -2.09. The third kappa shape index (κ3) is 6.65. The lowest BCUT2D eigenvalue weighted by Gasteiger charge is -2.26. The molecule has 0 amide bonds. The van der Waals surface area contributed by atoms with Crippen LogP contribution in [0.1, 0.15) is 5.48 Å². The van der Waals surface area contributed by atoms with Crippen molar-refractivity contribution in [1.82, 2.24) is 0 Å². The number of fused-ring (bicyclic) bond motifs is 1. The zero-order chi connectivity index (χ0) is 38.9. The summed E-state index contributed by atoms with van der Waals surface area (Å²) in [5.74, 6) is 0. The van der Waals surface area contributed by atoms with Gasteiger partial charge in [0.25, 0.3) is 0 Å². The van der Waals surface area contributed by atoms with Crippen molar-refractivity contribution in [3.8, 4) is 55.6 Å². The summed E-state index contributed by atoms with van der Waals surface area (Å²) < 4.78 is 37.5. The molecule has 0 heterocycles. The van der Waals surface area contributed by atoms with Crippen LogP contribution in [0.2, 0.25) is 0 Å². The molecule has 0 radical (unpaired) electrons. The molecule has 53 heavy (non-hydrogen) atoms. The molecule has 9 aromatic rings. The van der Waals surface area contributed by atoms with E-state index in [1.807, 2.05) is 114 Å². The molecule has 0 aromatic heterocycles. The highest BCUT2D eigenvalue weighted by atomic mass is 15.1. The van der Waals surface area contributed by atoms with Crippen LogP contribution in [0.5, 0.6) is 0 Å². The Morgan fingerprint density at radius 1 is 0.283 bits per heavy atom. The SMILES string of the molecule is [2H]c1c([2H])c(N(c2ccc(-c3ccccc3)cc2)c2ccc(-c3cccc(-c4cccc5ccccc45)c3)cc2)c([2H])c([2H])c1-c1cccc(-c2ccccc2)c1. The molecule has 9 rings (SSSR count). The normalized spacial score (nSPS) is 12.1. The van der Waals surface area contributed by atoms with Crippen molar-refractivity contribution in [2.24, 2.45) is 0 Å². The number of anilines is 3. The number of nitrogens with zero attached hydrogens (tertiary/aromatic N) is 1. The highest BCUT2D eigenvalue weighted by Crippen LogP contribution is 2.39. The Hall–Kier alpha value is -6.96. The molecule has 0 aliphatic carbocycles. The van der Waals surface area contributed by atoms with E-state index >= 15 is 0 Å². The fourth-order valence-corrected chi connectivity index (χ4v) is 7.03. The van der Waals surface area contributed by atoms with Crippen molar-refractivity contribution >= 4 is 27.8 Å². The zero-order valence-electron chi connectivity index (χ0n) is 33.0. The Bertz CT molecular complexity index is 2840. The second-order valence-corrected chi connectivity index (χ2v) is 13.1. The Morgan fingerprint density at radius 2 is 0.698 bits per heavy atom. The van der Waals surface area contributed by atoms with Crippen molar-refractivity contribution in [2.75, 3.05) is 4.90 Å². The van der Waals surface area contributed by atoms with Crippen LogP contribution in [0, 0.1) is 0 Å². The number of hydrogen-bond donors (Lipinski definition) is 0. The van der Waals surface area contributed by atoms with E-state index in [9.17, 15) is 5.48 Å². The van der Waals surface area contributed by atoms with Crippen molar-refractivity contribution in [2.45, 2.75) is 0 Å². The molecule has 250 valence electrons. The molecule has 1 heteroatoms. The molecule has 0 aliphatic rings. The van der Waals surface area contributed by atoms with Gasteiger partial charge in [-0.3, -0.25) is 0 Å². The quantitative estimate of drug-likeness (QED) is 0.154. The minimum absolute atomic E-state index is 0.0935. The summed E-state index contributed by atoms with van der Waals surface area (Å²) >= 11 is 0. The first-order chi connectivity index (χ1) is 27.9. The van der Waals surface area contributed by atoms with Gasteiger partial charge in [-0.15, -0.1) is 0 Å². The van der Waals surface area contributed by atoms with Gasteiger partial charge in [0.05, 0.1) is 5.48 Å². The molecule has 0 N–H and O–H groups in total. The second-order valence-electron chi connectivity index (χ2n) is 13.1. The van der Waals surface area contributed by atoms with E-state index in [2.05, 4.69) is 91.0 Å². The minimum Gasteiger partial charge on any atom is -0.311 e. The maximum atomic E-state index is 9.45. The van der Waals surface area contributed by atoms with Gasteiger partial charge in [-0.05, 0) is 115 Å². The molecule has 0 spiro atoms. The van der Waals surface area contributed by atoms with Crippen LogP contribution < -0.4 is 4.90 Å². The van der Waals surface area contributed by atoms with Crippen molar-refractivity contribution in [1.29, 1.82) is 0 Å². The van der Waals surface area contributed by atoms with E-state index in [4.69, 9.17) is 0 Å². The standard InChI is InChI=1S/C52H37N/c1-3-12-38(13-4-1)40-24-30-48(31-25-40)53(49-32-26-41(27-33-49)45-19-9-18-44(36-45)39-14-5-2-6-15-39)50-34-28-42(29-35-50)46-20-10-21-47(37-46)52-23-11-17-43-16-7-8-22-51(43)52/h1-37H/i26D,27D,32D,33D. The Kier molecular flexibility index (Phi) is 7.50. The molecular formula is C52H37N. The predicted molar refractivity (Wildman–Crippen MR) is 226 cm³/mol. The second kappa shape index (κ2) is 14.3. The molecule has 1 nitrogen and oxygen atoms in total. The maximum Gasteiger partial charge on any atom is 0.0645 e. The summed E-state index contributed by atoms with van der Waals surface area (Å²) in [6.07, 6.45) is 0. The van der Waals surface area contributed by atoms with E-state index in [1.165, 1.54) is 16.3 Å². The molecule has 0 aliphatic heterocycles. The highest BCUT2D eigenvalue weighted by Gasteiger charge is 2.14. The van der Waals surface area contributed by atoms with Crippen molar-refractivity contribution in [3.05, 3.63) is 224 Å². The van der Waals surface area contributed by atoms with Gasteiger partial charge < -0.3 is 4.90 Å². The molecule has 0 fully saturated rings. The Labute approximate surface area is 317 Å². The van der Waals surface area contributed by atoms with E-state index < -0.39 is 0 Å². The molecule has 0 saturated carbocycles. The lowest BCUT2D eigenvalue weighted by molar-refractivity contribution is 1.28. The summed E-state index contributed by atoms with van der Waals surface area (Å²) in [4.78, 5) is 1.84. The largest absolute Gasteiger partial charge is 0.311 e. The smallest absolute Gasteiger partial charge is 0.0645 e. The average molecular weight is 680 g/mol. The third-order valence-corrected chi connectivity index (χ3v) is 9.75. The van der Waals surface area contributed by atoms with E-state index in [-0.39, 0.29) is 35.4 Å². The van der Waals surface area contributed by atoms with Crippen molar-refractivity contribution < 1.29 is 5.48 Å². The molecule has 9 aromatic carbocycles. The van der Waals surface area contributed by atoms with Gasteiger partial charge in [-0.1, -0.05) is 176 Å². The number of rotatable bonds is 8. The first-order valence-corrected chi connectivity index (χ1v) is 17.8. The predicted octanol–water partition coefficient (Wildman–Crippen LogP) is 14.6. The fraction of sp³-hybridized carbons (Fsp3) is 0. The van der Waals surface area contributed by atoms with Crippen LogP contribution in [0.3, 0.4) is 0 Å². The molecule has 0 bridgehead atoms. The van der Waals surface area contributed by atoms with Gasteiger partial charge in [-0.2, -0.15) is 0 Å². The van der Waals surface area contributed by atoms with Gasteiger partial charge in [-0.25, -0.2) is 0 Å². The molecule has 0 atom stereocenters. The summed E-state index contributed by atoms with van der Waals surface area (Å²) in [5.41, 5.74) is 11.0. The van der Waals surface area contributed by atoms with Crippen LogP contribution in [0.25, 0.3) is 66.4 Å². The molecular weight excluding hydrogens is 639 g/mol. The van der Waals surface area contributed by atoms with Gasteiger partial charge >= 0.3 is 0 Å². The van der Waals surface area contributed by atoms with Crippen molar-refractivity contribution in [3.63, 3.8) is 0 Å². The minimum atomic E-state index is -0.116. The summed E-state index contributed by atoms with van der Waals surface area (Å²) in [7, 11) is 0. The van der Waals surface area contributed by atoms with Crippen LogP contribution in [-0.4, -0.2) is 0 Å². The van der Waals surface area contributed by atoms with Gasteiger partial charge in [0, 0.05) is 17.1 Å². The zero-order valence-corrected chi connectivity index (χ0v) is 29.0. The van der Waals surface area contributed by atoms with Gasteiger partial charge in [0.1, 0.15) is 0 Å². The first-order valence-electron chi connectivity index (χ1n) is 19.8. The van der Waals surface area contributed by atoms with E-state index in [0.717, 1.165) is 50.3 Å². The van der Waals surface area contributed by atoms with Crippen LogP contribution in [-0.2, 0) is 0 Å². The molecule has 0 saturated heterocycles. The number of hydrogen-bond acceptors (Lipinski definition) is 1. The van der Waals surface area contributed by atoms with Gasteiger partial charge in [0.15, 0.2) is 0 Å². The Balaban J connectivity index is 1.14. The monoisotopic (exact) mass is 679 g/mol. The van der Waals surface area contributed by atoms with E-state index in [1.54, 1.807) is 0 Å². The fourth-order valence-electron chi connectivity index (χ4n) is 7.03. The lowest BCUT2D eigenvalue weighted by atomic mass is 9.95. The summed E-state index contributed by atoms with van der Waals surface area (Å²) in [6, 6.07) is 66.9. The topological polar surface area (TPSA) is 3.24 Å². The first kappa shape index (κ1) is 27.7. The summed E-state index contributed by atoms with van der Waals surface area (Å²) in [6.45, 7) is 0. The number of benzene rings is 9. The third-order valence-electron chi connectivity index (χ3n) is 9.75. The Morgan fingerprint density at radius 3 is 1.32 bits per heavy atom. The van der Waals surface area contributed by atoms with Crippen LogP contribution in [0.4, 0.5) is 17.1 Å². The summed E-state index contributed by atoms with van der Waals surface area (Å²) in [5, 5.41) is 2.40. The average Bonchev–Trinajstić information content (AvgIpc) is 3.28. The van der Waals surface area contributed by atoms with Crippen LogP contribution in [0.15, 0.2) is 224 Å². The van der Waals surface area contributed by atoms with Gasteiger partial charge in [0.2, 0.25) is 0 Å². The molecule has 0 unspecified atom stereocenters. The maximum absolute atomic E-state index is 9.45. The highest BCUT2D eigenvalue weighted by molar-refractivity contribution is 5.97. The van der Waals surface area contributed by atoms with E-state index in [0.29, 0.717) is 5.56 Å². The van der Waals surface area contributed by atoms with Crippen LogP contribution >= 0.6 is 0 Å².